The van der Waals surface area contributed by atoms with E-state index in [1.807, 2.05) is 50.2 Å². The number of hydrogen-bond acceptors (Lipinski definition) is 4. The summed E-state index contributed by atoms with van der Waals surface area (Å²) in [6.07, 6.45) is 1.24. The molecule has 0 aliphatic carbocycles. The minimum Gasteiger partial charge on any atom is -0.490 e. The summed E-state index contributed by atoms with van der Waals surface area (Å²) in [4.78, 5) is 4.21. The lowest BCUT2D eigenvalue weighted by molar-refractivity contribution is 0.125. The lowest BCUT2D eigenvalue weighted by atomic mass is 10.1. The Morgan fingerprint density at radius 1 is 1.15 bits per heavy atom. The van der Waals surface area contributed by atoms with Crippen LogP contribution in [0.5, 0.6) is 5.75 Å². The molecule has 3 nitrogen and oxygen atoms in total. The van der Waals surface area contributed by atoms with E-state index >= 15 is 0 Å². The van der Waals surface area contributed by atoms with Crippen LogP contribution in [0.1, 0.15) is 11.1 Å². The maximum atomic E-state index is 9.98. The standard InChI is InChI=1S/C16H19NO2S/c1-12-6-5-7-13(2)16(12)19-10-14(18)11-20-15-8-3-4-9-17-15/h3-9,14,18H,10-11H2,1-2H3/t14-/m0/s1. The Labute approximate surface area is 124 Å². The van der Waals surface area contributed by atoms with Crippen molar-refractivity contribution < 1.29 is 9.84 Å². The van der Waals surface area contributed by atoms with Crippen molar-refractivity contribution in [3.63, 3.8) is 0 Å². The molecule has 0 saturated carbocycles. The average Bonchev–Trinajstić information content (AvgIpc) is 2.46. The molecule has 4 heteroatoms. The SMILES string of the molecule is Cc1cccc(C)c1OC[C@H](O)CSc1ccccn1. The number of nitrogens with zero attached hydrogens (tertiary/aromatic N) is 1. The van der Waals surface area contributed by atoms with Crippen LogP contribution in [0.2, 0.25) is 0 Å². The quantitative estimate of drug-likeness (QED) is 0.829. The minimum absolute atomic E-state index is 0.297. The van der Waals surface area contributed by atoms with E-state index in [0.717, 1.165) is 21.9 Å². The van der Waals surface area contributed by atoms with Gasteiger partial charge in [0.05, 0.1) is 11.1 Å². The van der Waals surface area contributed by atoms with E-state index in [9.17, 15) is 5.11 Å². The first-order chi connectivity index (χ1) is 9.66. The maximum Gasteiger partial charge on any atom is 0.125 e. The number of thioether (sulfide) groups is 1. The average molecular weight is 289 g/mol. The van der Waals surface area contributed by atoms with Crippen LogP contribution in [0.3, 0.4) is 0 Å². The van der Waals surface area contributed by atoms with E-state index in [4.69, 9.17) is 4.74 Å². The van der Waals surface area contributed by atoms with E-state index in [2.05, 4.69) is 4.98 Å². The summed E-state index contributed by atoms with van der Waals surface area (Å²) in [5.74, 6) is 1.44. The van der Waals surface area contributed by atoms with Crippen molar-refractivity contribution in [1.29, 1.82) is 0 Å². The van der Waals surface area contributed by atoms with E-state index < -0.39 is 6.10 Å². The Kier molecular flexibility index (Phi) is 5.44. The number of ether oxygens (including phenoxy) is 1. The fraction of sp³-hybridized carbons (Fsp3) is 0.312. The molecule has 1 heterocycles. The zero-order valence-electron chi connectivity index (χ0n) is 11.7. The summed E-state index contributed by atoms with van der Waals surface area (Å²) in [5, 5.41) is 10.9. The molecular formula is C16H19NO2S. The molecule has 0 spiro atoms. The van der Waals surface area contributed by atoms with Gasteiger partial charge < -0.3 is 9.84 Å². The highest BCUT2D eigenvalue weighted by molar-refractivity contribution is 7.99. The Balaban J connectivity index is 1.82. The molecule has 1 atom stereocenters. The summed E-state index contributed by atoms with van der Waals surface area (Å²) < 4.78 is 5.73. The fourth-order valence-electron chi connectivity index (χ4n) is 1.87. The lowest BCUT2D eigenvalue weighted by Crippen LogP contribution is -2.20. The topological polar surface area (TPSA) is 42.4 Å². The van der Waals surface area contributed by atoms with Crippen LogP contribution in [0.25, 0.3) is 0 Å². The molecule has 106 valence electrons. The van der Waals surface area contributed by atoms with Crippen LogP contribution < -0.4 is 4.74 Å². The highest BCUT2D eigenvalue weighted by Gasteiger charge is 2.09. The van der Waals surface area contributed by atoms with Gasteiger partial charge in [0.1, 0.15) is 12.4 Å². The van der Waals surface area contributed by atoms with Gasteiger partial charge in [-0.1, -0.05) is 24.3 Å². The molecule has 2 aromatic rings. The Morgan fingerprint density at radius 2 is 1.90 bits per heavy atom. The van der Waals surface area contributed by atoms with Crippen molar-refractivity contribution in [3.8, 4) is 5.75 Å². The molecule has 0 saturated heterocycles. The zero-order valence-corrected chi connectivity index (χ0v) is 12.6. The van der Waals surface area contributed by atoms with Gasteiger partial charge in [0.15, 0.2) is 0 Å². The zero-order chi connectivity index (χ0) is 14.4. The van der Waals surface area contributed by atoms with Crippen LogP contribution in [-0.4, -0.2) is 28.6 Å². The van der Waals surface area contributed by atoms with E-state index in [1.54, 1.807) is 6.20 Å². The second-order valence-corrected chi connectivity index (χ2v) is 5.71. The van der Waals surface area contributed by atoms with Crippen LogP contribution in [0.15, 0.2) is 47.6 Å². The Morgan fingerprint density at radius 3 is 2.55 bits per heavy atom. The predicted octanol–water partition coefficient (Wildman–Crippen LogP) is 3.23. The fourth-order valence-corrected chi connectivity index (χ4v) is 2.64. The molecule has 0 aliphatic rings. The lowest BCUT2D eigenvalue weighted by Gasteiger charge is -2.15. The first-order valence-electron chi connectivity index (χ1n) is 6.57. The molecule has 0 fully saturated rings. The van der Waals surface area contributed by atoms with Crippen molar-refractivity contribution in [2.24, 2.45) is 0 Å². The number of rotatable bonds is 6. The molecule has 0 unspecified atom stereocenters. The predicted molar refractivity (Wildman–Crippen MR) is 82.4 cm³/mol. The molecule has 0 amide bonds. The van der Waals surface area contributed by atoms with Crippen molar-refractivity contribution in [2.45, 2.75) is 25.0 Å². The van der Waals surface area contributed by atoms with Gasteiger partial charge in [0.2, 0.25) is 0 Å². The van der Waals surface area contributed by atoms with Gasteiger partial charge in [0.25, 0.3) is 0 Å². The smallest absolute Gasteiger partial charge is 0.125 e. The van der Waals surface area contributed by atoms with Gasteiger partial charge >= 0.3 is 0 Å². The third-order valence-electron chi connectivity index (χ3n) is 2.89. The number of benzene rings is 1. The van der Waals surface area contributed by atoms with Gasteiger partial charge in [-0.2, -0.15) is 0 Å². The van der Waals surface area contributed by atoms with E-state index in [1.165, 1.54) is 11.8 Å². The monoisotopic (exact) mass is 289 g/mol. The summed E-state index contributed by atoms with van der Waals surface area (Å²) in [6, 6.07) is 11.8. The third-order valence-corrected chi connectivity index (χ3v) is 3.98. The number of aliphatic hydroxyl groups excluding tert-OH is 1. The van der Waals surface area contributed by atoms with Gasteiger partial charge in [-0.15, -0.1) is 11.8 Å². The molecule has 0 aliphatic heterocycles. The van der Waals surface area contributed by atoms with Gasteiger partial charge in [0, 0.05) is 11.9 Å². The highest BCUT2D eigenvalue weighted by atomic mass is 32.2. The molecule has 0 radical (unpaired) electrons. The second-order valence-electron chi connectivity index (χ2n) is 4.66. The van der Waals surface area contributed by atoms with E-state index in [-0.39, 0.29) is 0 Å². The number of aryl methyl sites for hydroxylation is 2. The largest absolute Gasteiger partial charge is 0.490 e. The Bertz CT molecular complexity index is 525. The molecular weight excluding hydrogens is 270 g/mol. The second kappa shape index (κ2) is 7.31. The van der Waals surface area contributed by atoms with Crippen LogP contribution in [-0.2, 0) is 0 Å². The number of aliphatic hydroxyl groups is 1. The van der Waals surface area contributed by atoms with E-state index in [0.29, 0.717) is 12.4 Å². The van der Waals surface area contributed by atoms with Gasteiger partial charge in [-0.25, -0.2) is 4.98 Å². The Hall–Kier alpha value is -1.52. The maximum absolute atomic E-state index is 9.98. The molecule has 2 rings (SSSR count). The summed E-state index contributed by atoms with van der Waals surface area (Å²) in [6.45, 7) is 4.32. The number of hydrogen-bond donors (Lipinski definition) is 1. The first kappa shape index (κ1) is 14.9. The van der Waals surface area contributed by atoms with Crippen molar-refractivity contribution in [1.82, 2.24) is 4.98 Å². The van der Waals surface area contributed by atoms with Crippen LogP contribution in [0, 0.1) is 13.8 Å². The molecule has 20 heavy (non-hydrogen) atoms. The van der Waals surface area contributed by atoms with Crippen LogP contribution in [0.4, 0.5) is 0 Å². The van der Waals surface area contributed by atoms with Crippen LogP contribution >= 0.6 is 11.8 Å². The van der Waals surface area contributed by atoms with Crippen molar-refractivity contribution >= 4 is 11.8 Å². The first-order valence-corrected chi connectivity index (χ1v) is 7.56. The summed E-state index contributed by atoms with van der Waals surface area (Å²) in [7, 11) is 0. The third kappa shape index (κ3) is 4.25. The number of para-hydroxylation sites is 1. The molecule has 1 aromatic carbocycles. The minimum atomic E-state index is -0.513. The highest BCUT2D eigenvalue weighted by Crippen LogP contribution is 2.23. The molecule has 1 aromatic heterocycles. The summed E-state index contributed by atoms with van der Waals surface area (Å²) in [5.41, 5.74) is 2.18. The molecule has 0 bridgehead atoms. The van der Waals surface area contributed by atoms with Gasteiger partial charge in [-0.05, 0) is 37.1 Å². The normalized spacial score (nSPS) is 12.2. The molecule has 1 N–H and O–H groups in total. The number of pyridine rings is 1. The van der Waals surface area contributed by atoms with Crippen molar-refractivity contribution in [2.75, 3.05) is 12.4 Å². The van der Waals surface area contributed by atoms with Gasteiger partial charge in [-0.3, -0.25) is 0 Å². The summed E-state index contributed by atoms with van der Waals surface area (Å²) >= 11 is 1.53. The van der Waals surface area contributed by atoms with Crippen molar-refractivity contribution in [3.05, 3.63) is 53.7 Å². The number of aromatic nitrogens is 1.